The first-order valence-electron chi connectivity index (χ1n) is 5.46. The molecule has 1 heterocycles. The highest BCUT2D eigenvalue weighted by Gasteiger charge is 2.15. The van der Waals surface area contributed by atoms with Gasteiger partial charge in [0.15, 0.2) is 5.58 Å². The van der Waals surface area contributed by atoms with Crippen molar-refractivity contribution in [1.82, 2.24) is 4.98 Å². The number of rotatable bonds is 1. The molecule has 3 nitrogen and oxygen atoms in total. The maximum atomic E-state index is 13.4. The van der Waals surface area contributed by atoms with E-state index in [-0.39, 0.29) is 5.02 Å². The largest absolute Gasteiger partial charge is 0.436 e. The minimum Gasteiger partial charge on any atom is -0.436 e. The van der Waals surface area contributed by atoms with Crippen LogP contribution < -0.4 is 5.73 Å². The van der Waals surface area contributed by atoms with Gasteiger partial charge in [0.2, 0.25) is 5.89 Å². The van der Waals surface area contributed by atoms with Crippen molar-refractivity contribution in [2.24, 2.45) is 0 Å². The fraction of sp³-hybridized carbons (Fsp3) is 0. The second-order valence-electron chi connectivity index (χ2n) is 4.10. The Morgan fingerprint density at radius 1 is 1.20 bits per heavy atom. The first-order chi connectivity index (χ1) is 9.45. The summed E-state index contributed by atoms with van der Waals surface area (Å²) in [6, 6.07) is 6.22. The van der Waals surface area contributed by atoms with Gasteiger partial charge in [-0.25, -0.2) is 9.37 Å². The maximum Gasteiger partial charge on any atom is 0.229 e. The molecule has 0 saturated heterocycles. The summed E-state index contributed by atoms with van der Waals surface area (Å²) in [7, 11) is 0. The van der Waals surface area contributed by atoms with Gasteiger partial charge in [0.1, 0.15) is 11.3 Å². The summed E-state index contributed by atoms with van der Waals surface area (Å²) < 4.78 is 20.5. The van der Waals surface area contributed by atoms with Gasteiger partial charge in [-0.2, -0.15) is 0 Å². The molecule has 3 aromatic rings. The molecule has 2 N–H and O–H groups in total. The number of benzene rings is 2. The first-order valence-corrected chi connectivity index (χ1v) is 7.42. The lowest BCUT2D eigenvalue weighted by Gasteiger charge is -2.04. The highest BCUT2D eigenvalue weighted by Crippen LogP contribution is 2.36. The van der Waals surface area contributed by atoms with Crippen LogP contribution in [0.15, 0.2) is 37.6 Å². The zero-order chi connectivity index (χ0) is 14.4. The average Bonchev–Trinajstić information content (AvgIpc) is 2.77. The zero-order valence-corrected chi connectivity index (χ0v) is 13.7. The Morgan fingerprint density at radius 2 is 1.95 bits per heavy atom. The van der Waals surface area contributed by atoms with E-state index in [0.717, 1.165) is 4.47 Å². The van der Waals surface area contributed by atoms with Gasteiger partial charge < -0.3 is 10.2 Å². The first kappa shape index (κ1) is 13.9. The third kappa shape index (κ3) is 2.32. The monoisotopic (exact) mass is 418 g/mol. The molecule has 0 aliphatic rings. The van der Waals surface area contributed by atoms with Gasteiger partial charge in [-0.15, -0.1) is 0 Å². The van der Waals surface area contributed by atoms with E-state index in [9.17, 15) is 4.39 Å². The van der Waals surface area contributed by atoms with E-state index in [4.69, 9.17) is 21.8 Å². The summed E-state index contributed by atoms with van der Waals surface area (Å²) >= 11 is 12.5. The molecule has 7 heteroatoms. The molecule has 0 aliphatic heterocycles. The van der Waals surface area contributed by atoms with E-state index >= 15 is 0 Å². The van der Waals surface area contributed by atoms with E-state index in [2.05, 4.69) is 36.8 Å². The molecule has 0 saturated carbocycles. The van der Waals surface area contributed by atoms with Gasteiger partial charge >= 0.3 is 0 Å². The van der Waals surface area contributed by atoms with Gasteiger partial charge in [0, 0.05) is 15.0 Å². The lowest BCUT2D eigenvalue weighted by atomic mass is 10.2. The molecular formula is C13H6Br2ClFN2O. The number of halogens is 4. The Morgan fingerprint density at radius 3 is 2.70 bits per heavy atom. The number of nitrogen functional groups attached to an aromatic ring is 1. The van der Waals surface area contributed by atoms with Crippen molar-refractivity contribution < 1.29 is 8.81 Å². The van der Waals surface area contributed by atoms with Gasteiger partial charge in [-0.05, 0) is 34.1 Å². The summed E-state index contributed by atoms with van der Waals surface area (Å²) in [5.74, 6) is -0.244. The molecule has 102 valence electrons. The van der Waals surface area contributed by atoms with Crippen LogP contribution in [0.3, 0.4) is 0 Å². The number of hydrogen-bond acceptors (Lipinski definition) is 3. The second-order valence-corrected chi connectivity index (χ2v) is 6.28. The summed E-state index contributed by atoms with van der Waals surface area (Å²) in [6.45, 7) is 0. The molecule has 0 fully saturated rings. The third-order valence-corrected chi connectivity index (χ3v) is 4.16. The molecule has 20 heavy (non-hydrogen) atoms. The summed E-state index contributed by atoms with van der Waals surface area (Å²) in [5.41, 5.74) is 7.89. The van der Waals surface area contributed by atoms with Crippen LogP contribution in [-0.4, -0.2) is 4.98 Å². The number of anilines is 1. The fourth-order valence-electron chi connectivity index (χ4n) is 1.80. The smallest absolute Gasteiger partial charge is 0.229 e. The van der Waals surface area contributed by atoms with Crippen molar-refractivity contribution in [2.45, 2.75) is 0 Å². The number of aromatic nitrogens is 1. The second kappa shape index (κ2) is 5.02. The fourth-order valence-corrected chi connectivity index (χ4v) is 3.18. The van der Waals surface area contributed by atoms with E-state index < -0.39 is 5.82 Å². The van der Waals surface area contributed by atoms with Crippen LogP contribution in [0.25, 0.3) is 22.6 Å². The topological polar surface area (TPSA) is 52.0 Å². The molecule has 1 aromatic heterocycles. The molecule has 0 bridgehead atoms. The van der Waals surface area contributed by atoms with Crippen LogP contribution >= 0.6 is 43.5 Å². The van der Waals surface area contributed by atoms with Crippen molar-refractivity contribution in [1.29, 1.82) is 0 Å². The summed E-state index contributed by atoms with van der Waals surface area (Å²) in [4.78, 5) is 4.29. The summed E-state index contributed by atoms with van der Waals surface area (Å²) in [5, 5.41) is 0.000690. The zero-order valence-electron chi connectivity index (χ0n) is 9.75. The number of nitrogens with two attached hydrogens (primary N) is 1. The van der Waals surface area contributed by atoms with E-state index in [1.807, 2.05) is 6.07 Å². The van der Waals surface area contributed by atoms with E-state index in [1.54, 1.807) is 6.07 Å². The number of oxazole rings is 1. The van der Waals surface area contributed by atoms with Crippen LogP contribution in [0, 0.1) is 5.82 Å². The van der Waals surface area contributed by atoms with Crippen molar-refractivity contribution in [3.63, 3.8) is 0 Å². The minimum absolute atomic E-state index is 0.000690. The van der Waals surface area contributed by atoms with Gasteiger partial charge in [-0.1, -0.05) is 27.5 Å². The average molecular weight is 420 g/mol. The van der Waals surface area contributed by atoms with Gasteiger partial charge in [0.05, 0.1) is 16.3 Å². The molecule has 0 amide bonds. The Balaban J connectivity index is 2.25. The van der Waals surface area contributed by atoms with Crippen LogP contribution in [0.2, 0.25) is 5.02 Å². The van der Waals surface area contributed by atoms with Crippen molar-refractivity contribution in [3.8, 4) is 11.5 Å². The highest BCUT2D eigenvalue weighted by atomic mass is 79.9. The third-order valence-electron chi connectivity index (χ3n) is 2.76. The van der Waals surface area contributed by atoms with E-state index in [1.165, 1.54) is 12.1 Å². The molecule has 3 rings (SSSR count). The molecule has 0 atom stereocenters. The molecule has 0 unspecified atom stereocenters. The van der Waals surface area contributed by atoms with E-state index in [0.29, 0.717) is 32.7 Å². The molecule has 0 aliphatic carbocycles. The SMILES string of the molecule is Nc1c(Br)cc(Br)cc1-c1nc2cc(Cl)c(F)cc2o1. The Bertz CT molecular complexity index is 796. The normalized spacial score (nSPS) is 11.2. The minimum atomic E-state index is -0.551. The van der Waals surface area contributed by atoms with Crippen LogP contribution in [0.1, 0.15) is 0 Å². The van der Waals surface area contributed by atoms with Crippen LogP contribution in [0.5, 0.6) is 0 Å². The number of hydrogen-bond donors (Lipinski definition) is 1. The van der Waals surface area contributed by atoms with Crippen LogP contribution in [0.4, 0.5) is 10.1 Å². The van der Waals surface area contributed by atoms with Gasteiger partial charge in [0.25, 0.3) is 0 Å². The predicted octanol–water partition coefficient (Wildman–Crippen LogP) is 5.39. The molecule has 0 radical (unpaired) electrons. The molecular weight excluding hydrogens is 414 g/mol. The number of fused-ring (bicyclic) bond motifs is 1. The Labute approximate surface area is 135 Å². The number of nitrogens with zero attached hydrogens (tertiary/aromatic N) is 1. The van der Waals surface area contributed by atoms with Crippen molar-refractivity contribution >= 4 is 60.2 Å². The Kier molecular flexibility index (Phi) is 3.48. The maximum absolute atomic E-state index is 13.4. The molecule has 0 spiro atoms. The summed E-state index contributed by atoms with van der Waals surface area (Å²) in [6.07, 6.45) is 0. The lowest BCUT2D eigenvalue weighted by Crippen LogP contribution is -1.92. The predicted molar refractivity (Wildman–Crippen MR) is 84.2 cm³/mol. The lowest BCUT2D eigenvalue weighted by molar-refractivity contribution is 0.602. The van der Waals surface area contributed by atoms with Crippen molar-refractivity contribution in [2.75, 3.05) is 5.73 Å². The van der Waals surface area contributed by atoms with Crippen LogP contribution in [-0.2, 0) is 0 Å². The quantitative estimate of drug-likeness (QED) is 0.537. The Hall–Kier alpha value is -1.11. The highest BCUT2D eigenvalue weighted by molar-refractivity contribution is 9.11. The van der Waals surface area contributed by atoms with Gasteiger partial charge in [-0.3, -0.25) is 0 Å². The standard InChI is InChI=1S/C13H6Br2ClFN2O/c14-5-1-6(12(18)7(15)2-5)13-19-10-3-8(16)9(17)4-11(10)20-13/h1-4H,18H2. The molecule has 2 aromatic carbocycles. The van der Waals surface area contributed by atoms with Crippen molar-refractivity contribution in [3.05, 3.63) is 44.1 Å².